The molecule has 0 aliphatic carbocycles. The highest BCUT2D eigenvalue weighted by Gasteiger charge is 2.30. The van der Waals surface area contributed by atoms with Gasteiger partial charge in [0.15, 0.2) is 0 Å². The van der Waals surface area contributed by atoms with Crippen molar-refractivity contribution in [2.45, 2.75) is 19.0 Å². The average Bonchev–Trinajstić information content (AvgIpc) is 2.56. The molecule has 1 aromatic rings. The van der Waals surface area contributed by atoms with Crippen molar-refractivity contribution in [3.8, 4) is 0 Å². The third-order valence-corrected chi connectivity index (χ3v) is 3.67. The lowest BCUT2D eigenvalue weighted by Crippen LogP contribution is -2.38. The Labute approximate surface area is 156 Å². The normalized spacial score (nSPS) is 11.3. The monoisotopic (exact) mass is 390 g/mol. The summed E-state index contributed by atoms with van der Waals surface area (Å²) >= 11 is 0. The molecule has 0 saturated carbocycles. The van der Waals surface area contributed by atoms with Gasteiger partial charge in [0.25, 0.3) is 0 Å². The number of carbonyl (C=O) groups excluding carboxylic acids is 1. The van der Waals surface area contributed by atoms with Gasteiger partial charge in [0, 0.05) is 25.3 Å². The summed E-state index contributed by atoms with van der Waals surface area (Å²) in [6, 6.07) is 3.77. The van der Waals surface area contributed by atoms with Crippen molar-refractivity contribution < 1.29 is 27.9 Å². The Morgan fingerprint density at radius 2 is 1.63 bits per heavy atom. The van der Waals surface area contributed by atoms with Crippen molar-refractivity contribution in [3.63, 3.8) is 0 Å². The van der Waals surface area contributed by atoms with Gasteiger partial charge in [-0.2, -0.15) is 13.2 Å². The van der Waals surface area contributed by atoms with E-state index in [2.05, 4.69) is 10.6 Å². The van der Waals surface area contributed by atoms with Crippen molar-refractivity contribution >= 4 is 17.8 Å². The van der Waals surface area contributed by atoms with E-state index in [0.29, 0.717) is 25.9 Å². The zero-order valence-electron chi connectivity index (χ0n) is 15.3. The minimum atomic E-state index is -4.43. The molecule has 0 aliphatic heterocycles. The number of carbonyl (C=O) groups is 2. The van der Waals surface area contributed by atoms with Crippen LogP contribution in [0.2, 0.25) is 0 Å². The fraction of sp³-hybridized carbons (Fsp3) is 0.529. The molecule has 3 amide bonds. The molecule has 27 heavy (non-hydrogen) atoms. The zero-order chi connectivity index (χ0) is 20.4. The fourth-order valence-corrected chi connectivity index (χ4v) is 2.30. The largest absolute Gasteiger partial charge is 0.465 e. The maximum absolute atomic E-state index is 12.6. The first-order valence-electron chi connectivity index (χ1n) is 8.44. The van der Waals surface area contributed by atoms with E-state index in [1.54, 1.807) is 0 Å². The SMILES string of the molecule is CN(C)CCCN(CCCNC(=O)O)C(=O)Nc1ccc(C(F)(F)F)cc1. The molecule has 10 heteroatoms. The summed E-state index contributed by atoms with van der Waals surface area (Å²) in [5.74, 6) is 0. The highest BCUT2D eigenvalue weighted by molar-refractivity contribution is 5.89. The van der Waals surface area contributed by atoms with Crippen molar-refractivity contribution in [1.82, 2.24) is 15.1 Å². The molecule has 1 aromatic carbocycles. The number of carboxylic acid groups (broad SMARTS) is 1. The van der Waals surface area contributed by atoms with Gasteiger partial charge in [0.05, 0.1) is 5.56 Å². The quantitative estimate of drug-likeness (QED) is 0.566. The van der Waals surface area contributed by atoms with Crippen LogP contribution in [-0.2, 0) is 6.18 Å². The van der Waals surface area contributed by atoms with Gasteiger partial charge in [-0.3, -0.25) is 0 Å². The van der Waals surface area contributed by atoms with E-state index in [1.807, 2.05) is 19.0 Å². The molecular weight excluding hydrogens is 365 g/mol. The zero-order valence-corrected chi connectivity index (χ0v) is 15.3. The Bertz CT molecular complexity index is 606. The smallest absolute Gasteiger partial charge is 0.416 e. The molecule has 0 radical (unpaired) electrons. The molecule has 0 saturated heterocycles. The lowest BCUT2D eigenvalue weighted by molar-refractivity contribution is -0.137. The van der Waals surface area contributed by atoms with Crippen molar-refractivity contribution in [3.05, 3.63) is 29.8 Å². The van der Waals surface area contributed by atoms with Crippen LogP contribution in [0.5, 0.6) is 0 Å². The van der Waals surface area contributed by atoms with Gasteiger partial charge in [-0.1, -0.05) is 0 Å². The van der Waals surface area contributed by atoms with Crippen LogP contribution in [0.25, 0.3) is 0 Å². The number of amides is 3. The van der Waals surface area contributed by atoms with E-state index in [-0.39, 0.29) is 12.2 Å². The highest BCUT2D eigenvalue weighted by Crippen LogP contribution is 2.29. The number of hydrogen-bond donors (Lipinski definition) is 3. The molecule has 7 nitrogen and oxygen atoms in total. The van der Waals surface area contributed by atoms with Gasteiger partial charge in [0.2, 0.25) is 0 Å². The molecule has 0 fully saturated rings. The predicted molar refractivity (Wildman–Crippen MR) is 95.9 cm³/mol. The molecule has 0 bridgehead atoms. The third kappa shape index (κ3) is 9.13. The van der Waals surface area contributed by atoms with E-state index in [0.717, 1.165) is 18.7 Å². The second-order valence-electron chi connectivity index (χ2n) is 6.23. The molecule has 0 heterocycles. The Kier molecular flexibility index (Phi) is 8.86. The van der Waals surface area contributed by atoms with Gasteiger partial charge in [0.1, 0.15) is 0 Å². The minimum absolute atomic E-state index is 0.201. The lowest BCUT2D eigenvalue weighted by Gasteiger charge is -2.24. The first-order valence-corrected chi connectivity index (χ1v) is 8.44. The first kappa shape index (κ1) is 22.6. The van der Waals surface area contributed by atoms with E-state index in [1.165, 1.54) is 17.0 Å². The number of halogens is 3. The van der Waals surface area contributed by atoms with E-state index in [9.17, 15) is 22.8 Å². The second-order valence-corrected chi connectivity index (χ2v) is 6.23. The number of urea groups is 1. The van der Waals surface area contributed by atoms with E-state index in [4.69, 9.17) is 5.11 Å². The molecule has 0 unspecified atom stereocenters. The van der Waals surface area contributed by atoms with Crippen LogP contribution in [0.1, 0.15) is 18.4 Å². The summed E-state index contributed by atoms with van der Waals surface area (Å²) in [7, 11) is 3.81. The van der Waals surface area contributed by atoms with Crippen molar-refractivity contribution in [1.29, 1.82) is 0 Å². The van der Waals surface area contributed by atoms with Gasteiger partial charge in [-0.15, -0.1) is 0 Å². The van der Waals surface area contributed by atoms with Crippen LogP contribution in [0, 0.1) is 0 Å². The van der Waals surface area contributed by atoms with Crippen LogP contribution in [0.3, 0.4) is 0 Å². The Hall–Kier alpha value is -2.49. The van der Waals surface area contributed by atoms with E-state index >= 15 is 0 Å². The minimum Gasteiger partial charge on any atom is -0.465 e. The number of benzene rings is 1. The van der Waals surface area contributed by atoms with Gasteiger partial charge >= 0.3 is 18.3 Å². The Balaban J connectivity index is 2.65. The van der Waals surface area contributed by atoms with Gasteiger partial charge < -0.3 is 25.5 Å². The van der Waals surface area contributed by atoms with Crippen molar-refractivity contribution in [2.75, 3.05) is 45.6 Å². The number of nitrogens with one attached hydrogen (secondary N) is 2. The molecule has 152 valence electrons. The number of anilines is 1. The summed E-state index contributed by atoms with van der Waals surface area (Å²) in [6.45, 7) is 1.72. The fourth-order valence-electron chi connectivity index (χ4n) is 2.30. The molecule has 0 atom stereocenters. The van der Waals surface area contributed by atoms with E-state index < -0.39 is 23.9 Å². The van der Waals surface area contributed by atoms with Gasteiger partial charge in [-0.25, -0.2) is 9.59 Å². The predicted octanol–water partition coefficient (Wildman–Crippen LogP) is 3.15. The number of rotatable bonds is 9. The molecule has 3 N–H and O–H groups in total. The van der Waals surface area contributed by atoms with Crippen LogP contribution >= 0.6 is 0 Å². The lowest BCUT2D eigenvalue weighted by atomic mass is 10.2. The van der Waals surface area contributed by atoms with Crippen LogP contribution < -0.4 is 10.6 Å². The number of nitrogens with zero attached hydrogens (tertiary/aromatic N) is 2. The summed E-state index contributed by atoms with van der Waals surface area (Å²) in [4.78, 5) is 26.4. The maximum atomic E-state index is 12.6. The molecule has 0 aromatic heterocycles. The molecule has 1 rings (SSSR count). The maximum Gasteiger partial charge on any atom is 0.416 e. The first-order chi connectivity index (χ1) is 12.6. The van der Waals surface area contributed by atoms with Crippen molar-refractivity contribution in [2.24, 2.45) is 0 Å². The summed E-state index contributed by atoms with van der Waals surface area (Å²) < 4.78 is 37.8. The number of alkyl halides is 3. The highest BCUT2D eigenvalue weighted by atomic mass is 19.4. The molecule has 0 spiro atoms. The summed E-state index contributed by atoms with van der Waals surface area (Å²) in [5, 5.41) is 13.4. The Morgan fingerprint density at radius 1 is 1.04 bits per heavy atom. The summed E-state index contributed by atoms with van der Waals surface area (Å²) in [6.07, 6.45) is -4.43. The molecular formula is C17H25F3N4O3. The topological polar surface area (TPSA) is 84.9 Å². The standard InChI is InChI=1S/C17H25F3N4O3/c1-23(2)10-4-12-24(11-3-9-21-16(26)27)15(25)22-14-7-5-13(6-8-14)17(18,19)20/h5-8,21H,3-4,9-12H2,1-2H3,(H,22,25)(H,26,27). The third-order valence-electron chi connectivity index (χ3n) is 3.67. The van der Waals surface area contributed by atoms with Crippen LogP contribution in [0.4, 0.5) is 28.4 Å². The van der Waals surface area contributed by atoms with Crippen LogP contribution in [-0.4, -0.2) is 67.3 Å². The van der Waals surface area contributed by atoms with Gasteiger partial charge in [-0.05, 0) is 57.7 Å². The Morgan fingerprint density at radius 3 is 2.15 bits per heavy atom. The average molecular weight is 390 g/mol. The number of hydrogen-bond acceptors (Lipinski definition) is 3. The molecule has 0 aliphatic rings. The van der Waals surface area contributed by atoms with Crippen LogP contribution in [0.15, 0.2) is 24.3 Å². The summed E-state index contributed by atoms with van der Waals surface area (Å²) in [5.41, 5.74) is -0.530. The second kappa shape index (κ2) is 10.6.